The maximum atomic E-state index is 13.7. The topological polar surface area (TPSA) is 83.8 Å². The minimum atomic E-state index is -0.706. The Labute approximate surface area is 182 Å². The van der Waals surface area contributed by atoms with Gasteiger partial charge in [-0.15, -0.1) is 0 Å². The number of carbonyl (C=O) groups excluding carboxylic acids is 2. The molecule has 0 spiro atoms. The van der Waals surface area contributed by atoms with Gasteiger partial charge in [0.25, 0.3) is 0 Å². The molecule has 5 heteroatoms. The van der Waals surface area contributed by atoms with Gasteiger partial charge in [0.15, 0.2) is 23.0 Å². The van der Waals surface area contributed by atoms with Crippen molar-refractivity contribution in [2.24, 2.45) is 0 Å². The van der Waals surface area contributed by atoms with Gasteiger partial charge in [0.1, 0.15) is 5.75 Å². The lowest BCUT2D eigenvalue weighted by molar-refractivity contribution is 0.0926. The fourth-order valence-electron chi connectivity index (χ4n) is 4.75. The van der Waals surface area contributed by atoms with Crippen molar-refractivity contribution in [1.82, 2.24) is 0 Å². The maximum absolute atomic E-state index is 13.7. The first-order valence-electron chi connectivity index (χ1n) is 10.2. The number of phenolic OH excluding ortho intramolecular Hbond substituents is 2. The number of benzene rings is 4. The second kappa shape index (κ2) is 6.56. The predicted octanol–water partition coefficient (Wildman–Crippen LogP) is 5.11. The number of allylic oxidation sites excluding steroid dienone is 2. The predicted molar refractivity (Wildman–Crippen MR) is 118 cm³/mol. The third-order valence-corrected chi connectivity index (χ3v) is 6.12. The lowest BCUT2D eigenvalue weighted by atomic mass is 9.73. The molecule has 154 valence electrons. The number of rotatable bonds is 1. The number of Topliss-reactive ketones (excluding diaryl/α,β-unsaturated/α-hetero) is 2. The molecule has 1 atom stereocenters. The molecule has 0 radical (unpaired) electrons. The molecule has 2 N–H and O–H groups in total. The number of aromatic hydroxyl groups is 2. The lowest BCUT2D eigenvalue weighted by Gasteiger charge is -2.33. The van der Waals surface area contributed by atoms with Crippen LogP contribution in [0.5, 0.6) is 17.2 Å². The van der Waals surface area contributed by atoms with Crippen molar-refractivity contribution in [1.29, 1.82) is 0 Å². The van der Waals surface area contributed by atoms with Crippen molar-refractivity contribution >= 4 is 22.3 Å². The molecule has 6 rings (SSSR count). The molecule has 1 heterocycles. The molecule has 1 unspecified atom stereocenters. The van der Waals surface area contributed by atoms with E-state index in [0.717, 1.165) is 10.8 Å². The van der Waals surface area contributed by atoms with E-state index in [-0.39, 0.29) is 39.9 Å². The van der Waals surface area contributed by atoms with Crippen LogP contribution in [-0.2, 0) is 0 Å². The van der Waals surface area contributed by atoms with Crippen LogP contribution in [0, 0.1) is 0 Å². The van der Waals surface area contributed by atoms with E-state index in [4.69, 9.17) is 4.74 Å². The molecular formula is C27H16O5. The highest BCUT2D eigenvalue weighted by atomic mass is 16.5. The molecule has 2 aliphatic rings. The fraction of sp³-hybridized carbons (Fsp3) is 0.0370. The van der Waals surface area contributed by atoms with Gasteiger partial charge in [-0.3, -0.25) is 9.59 Å². The van der Waals surface area contributed by atoms with Gasteiger partial charge in [0.05, 0.1) is 5.57 Å². The van der Waals surface area contributed by atoms with Gasteiger partial charge >= 0.3 is 0 Å². The molecule has 0 saturated carbocycles. The number of hydrogen-bond donors (Lipinski definition) is 2. The number of fused-ring (bicyclic) bond motifs is 4. The highest BCUT2D eigenvalue weighted by molar-refractivity contribution is 6.27. The molecule has 4 aromatic rings. The van der Waals surface area contributed by atoms with Crippen molar-refractivity contribution in [3.8, 4) is 17.2 Å². The van der Waals surface area contributed by atoms with Crippen LogP contribution in [0.1, 0.15) is 37.8 Å². The third-order valence-electron chi connectivity index (χ3n) is 6.12. The van der Waals surface area contributed by atoms with Crippen molar-refractivity contribution in [3.63, 3.8) is 0 Å². The van der Waals surface area contributed by atoms with E-state index < -0.39 is 11.7 Å². The minimum Gasteiger partial charge on any atom is -0.508 e. The first kappa shape index (κ1) is 18.4. The van der Waals surface area contributed by atoms with E-state index in [9.17, 15) is 19.8 Å². The van der Waals surface area contributed by atoms with Gasteiger partial charge in [-0.25, -0.2) is 0 Å². The Kier molecular flexibility index (Phi) is 3.77. The lowest BCUT2D eigenvalue weighted by Crippen LogP contribution is -2.31. The number of ketones is 2. The zero-order valence-electron chi connectivity index (χ0n) is 16.7. The summed E-state index contributed by atoms with van der Waals surface area (Å²) < 4.78 is 5.99. The van der Waals surface area contributed by atoms with Gasteiger partial charge < -0.3 is 14.9 Å². The van der Waals surface area contributed by atoms with Gasteiger partial charge in [-0.05, 0) is 34.5 Å². The van der Waals surface area contributed by atoms with E-state index >= 15 is 0 Å². The molecule has 0 bridgehead atoms. The molecular weight excluding hydrogens is 404 g/mol. The van der Waals surface area contributed by atoms with Gasteiger partial charge in [0.2, 0.25) is 5.78 Å². The summed E-state index contributed by atoms with van der Waals surface area (Å²) in [6.07, 6.45) is 0. The molecule has 4 aromatic carbocycles. The molecule has 32 heavy (non-hydrogen) atoms. The van der Waals surface area contributed by atoms with Crippen LogP contribution in [0.15, 0.2) is 90.2 Å². The average molecular weight is 420 g/mol. The zero-order valence-corrected chi connectivity index (χ0v) is 16.7. The van der Waals surface area contributed by atoms with Crippen molar-refractivity contribution in [2.75, 3.05) is 0 Å². The highest BCUT2D eigenvalue weighted by Crippen LogP contribution is 2.52. The summed E-state index contributed by atoms with van der Waals surface area (Å²) in [4.78, 5) is 27.0. The van der Waals surface area contributed by atoms with E-state index in [2.05, 4.69) is 0 Å². The molecule has 0 aromatic heterocycles. The normalized spacial score (nSPS) is 16.9. The standard InChI is InChI=1S/C27H16O5/c28-16-8-5-7-15(12-16)21-22-17-9-2-1-6-14(17)13-20(29)26(22)32-27-23(21)24(30)18-10-3-4-11-19(18)25(27)31/h1-13,21,28-29H. The quantitative estimate of drug-likeness (QED) is 0.447. The van der Waals surface area contributed by atoms with E-state index in [1.165, 1.54) is 0 Å². The number of phenols is 2. The van der Waals surface area contributed by atoms with Crippen LogP contribution in [0.3, 0.4) is 0 Å². The summed E-state index contributed by atoms with van der Waals surface area (Å²) in [6.45, 7) is 0. The average Bonchev–Trinajstić information content (AvgIpc) is 2.81. The molecule has 0 amide bonds. The van der Waals surface area contributed by atoms with Gasteiger partial charge in [0, 0.05) is 22.6 Å². The molecule has 1 aliphatic heterocycles. The second-order valence-electron chi connectivity index (χ2n) is 7.94. The van der Waals surface area contributed by atoms with E-state index in [1.54, 1.807) is 54.6 Å². The summed E-state index contributed by atoms with van der Waals surface area (Å²) in [7, 11) is 0. The molecule has 5 nitrogen and oxygen atoms in total. The van der Waals surface area contributed by atoms with Crippen LogP contribution in [0.25, 0.3) is 10.8 Å². The number of hydrogen-bond acceptors (Lipinski definition) is 5. The van der Waals surface area contributed by atoms with Crippen molar-refractivity contribution < 1.29 is 24.5 Å². The smallest absolute Gasteiger partial charge is 0.229 e. The van der Waals surface area contributed by atoms with E-state index in [1.807, 2.05) is 24.3 Å². The molecule has 0 fully saturated rings. The summed E-state index contributed by atoms with van der Waals surface area (Å²) in [5, 5.41) is 22.6. The van der Waals surface area contributed by atoms with Crippen LogP contribution in [0.4, 0.5) is 0 Å². The van der Waals surface area contributed by atoms with Crippen LogP contribution < -0.4 is 4.74 Å². The third kappa shape index (κ3) is 2.45. The number of ether oxygens (including phenoxy) is 1. The van der Waals surface area contributed by atoms with Crippen molar-refractivity contribution in [3.05, 3.63) is 112 Å². The van der Waals surface area contributed by atoms with Gasteiger partial charge in [-0.1, -0.05) is 60.7 Å². The fourth-order valence-corrected chi connectivity index (χ4v) is 4.75. The largest absolute Gasteiger partial charge is 0.508 e. The minimum absolute atomic E-state index is 0.0390. The first-order valence-corrected chi connectivity index (χ1v) is 10.2. The Morgan fingerprint density at radius 3 is 2.25 bits per heavy atom. The number of carbonyl (C=O) groups is 2. The Morgan fingerprint density at radius 2 is 1.47 bits per heavy atom. The zero-order chi connectivity index (χ0) is 22.0. The molecule has 1 aliphatic carbocycles. The van der Waals surface area contributed by atoms with Crippen LogP contribution in [0.2, 0.25) is 0 Å². The summed E-state index contributed by atoms with van der Waals surface area (Å²) in [5.41, 5.74) is 2.01. The van der Waals surface area contributed by atoms with Crippen LogP contribution >= 0.6 is 0 Å². The van der Waals surface area contributed by atoms with Gasteiger partial charge in [-0.2, -0.15) is 0 Å². The monoisotopic (exact) mass is 420 g/mol. The Hall–Kier alpha value is -4.38. The summed E-state index contributed by atoms with van der Waals surface area (Å²) >= 11 is 0. The molecule has 0 saturated heterocycles. The highest BCUT2D eigenvalue weighted by Gasteiger charge is 2.44. The Bertz CT molecular complexity index is 1510. The second-order valence-corrected chi connectivity index (χ2v) is 7.94. The Balaban J connectivity index is 1.73. The Morgan fingerprint density at radius 1 is 0.750 bits per heavy atom. The summed E-state index contributed by atoms with van der Waals surface area (Å²) in [5.74, 6) is -1.43. The SMILES string of the molecule is O=C1C2=C(C(=O)c3ccccc31)C(c1cccc(O)c1)c1c(c(O)cc3ccccc13)O2. The van der Waals surface area contributed by atoms with Crippen LogP contribution in [-0.4, -0.2) is 21.8 Å². The summed E-state index contributed by atoms with van der Waals surface area (Å²) in [6, 6.07) is 22.3. The maximum Gasteiger partial charge on any atom is 0.229 e. The van der Waals surface area contributed by atoms with Crippen molar-refractivity contribution in [2.45, 2.75) is 5.92 Å². The van der Waals surface area contributed by atoms with E-state index in [0.29, 0.717) is 16.7 Å². The first-order chi connectivity index (χ1) is 15.5.